The molecule has 30 heavy (non-hydrogen) atoms. The predicted octanol–water partition coefficient (Wildman–Crippen LogP) is 7.16. The maximum Gasteiger partial charge on any atom is 0.0234 e. The van der Waals surface area contributed by atoms with E-state index in [0.29, 0.717) is 5.92 Å². The van der Waals surface area contributed by atoms with E-state index in [0.717, 1.165) is 13.1 Å². The van der Waals surface area contributed by atoms with Crippen molar-refractivity contribution in [2.24, 2.45) is 0 Å². The van der Waals surface area contributed by atoms with Crippen molar-refractivity contribution in [1.29, 1.82) is 0 Å². The van der Waals surface area contributed by atoms with Crippen LogP contribution in [-0.2, 0) is 13.1 Å². The summed E-state index contributed by atoms with van der Waals surface area (Å²) in [6, 6.07) is 42.3. The van der Waals surface area contributed by atoms with Crippen LogP contribution >= 0.6 is 0 Å². The Bertz CT molecular complexity index is 869. The SMILES string of the molecule is CC(c1ccccc1)c1ccccc1.CN(Cc1ccccc1)Cc1ccccc1. The molecular weight excluding hydrogens is 362 g/mol. The Morgan fingerprint density at radius 2 is 0.800 bits per heavy atom. The van der Waals surface area contributed by atoms with E-state index in [1.807, 2.05) is 0 Å². The number of nitrogens with zero attached hydrogens (tertiary/aromatic N) is 1. The average Bonchev–Trinajstić information content (AvgIpc) is 2.81. The summed E-state index contributed by atoms with van der Waals surface area (Å²) >= 11 is 0. The molecule has 152 valence electrons. The zero-order chi connectivity index (χ0) is 21.0. The molecule has 4 rings (SSSR count). The van der Waals surface area contributed by atoms with Gasteiger partial charge in [0.05, 0.1) is 0 Å². The van der Waals surface area contributed by atoms with Crippen LogP contribution in [0.25, 0.3) is 0 Å². The van der Waals surface area contributed by atoms with E-state index in [2.05, 4.69) is 140 Å². The quantitative estimate of drug-likeness (QED) is 0.336. The summed E-state index contributed by atoms with van der Waals surface area (Å²) in [7, 11) is 2.15. The molecule has 0 N–H and O–H groups in total. The summed E-state index contributed by atoms with van der Waals surface area (Å²) in [6.07, 6.45) is 0. The first-order valence-electron chi connectivity index (χ1n) is 10.6. The lowest BCUT2D eigenvalue weighted by Crippen LogP contribution is -2.16. The highest BCUT2D eigenvalue weighted by molar-refractivity contribution is 5.31. The Kier molecular flexibility index (Phi) is 8.44. The third-order valence-electron chi connectivity index (χ3n) is 5.19. The van der Waals surface area contributed by atoms with Crippen molar-refractivity contribution >= 4 is 0 Å². The van der Waals surface area contributed by atoms with Crippen LogP contribution in [0.15, 0.2) is 121 Å². The molecule has 1 nitrogen and oxygen atoms in total. The highest BCUT2D eigenvalue weighted by Gasteiger charge is 2.05. The van der Waals surface area contributed by atoms with Gasteiger partial charge in [0.25, 0.3) is 0 Å². The van der Waals surface area contributed by atoms with Crippen LogP contribution < -0.4 is 0 Å². The Labute approximate surface area is 181 Å². The summed E-state index contributed by atoms with van der Waals surface area (Å²) in [5.41, 5.74) is 5.47. The van der Waals surface area contributed by atoms with Gasteiger partial charge in [-0.3, -0.25) is 4.90 Å². The molecule has 0 amide bonds. The molecule has 0 atom stereocenters. The molecule has 0 saturated carbocycles. The fraction of sp³-hybridized carbons (Fsp3) is 0.172. The zero-order valence-electron chi connectivity index (χ0n) is 18.0. The van der Waals surface area contributed by atoms with Gasteiger partial charge in [-0.2, -0.15) is 0 Å². The molecule has 0 fully saturated rings. The highest BCUT2D eigenvalue weighted by atomic mass is 15.1. The summed E-state index contributed by atoms with van der Waals surface area (Å²) in [4.78, 5) is 2.32. The molecule has 0 spiro atoms. The lowest BCUT2D eigenvalue weighted by atomic mass is 9.93. The second kappa shape index (κ2) is 11.7. The Morgan fingerprint density at radius 3 is 1.13 bits per heavy atom. The van der Waals surface area contributed by atoms with Gasteiger partial charge in [-0.1, -0.05) is 128 Å². The third kappa shape index (κ3) is 7.02. The molecule has 0 aromatic heterocycles. The third-order valence-corrected chi connectivity index (χ3v) is 5.19. The molecule has 4 aromatic carbocycles. The van der Waals surface area contributed by atoms with E-state index in [1.165, 1.54) is 22.3 Å². The van der Waals surface area contributed by atoms with Crippen molar-refractivity contribution in [1.82, 2.24) is 4.90 Å². The standard InChI is InChI=1S/C15H17N.C14H14/c1-16(12-14-8-4-2-5-9-14)13-15-10-6-3-7-11-15;1-12(13-8-4-2-5-9-13)14-10-6-3-7-11-14/h2-11H,12-13H2,1H3;2-12H,1H3. The van der Waals surface area contributed by atoms with Crippen molar-refractivity contribution < 1.29 is 0 Å². The predicted molar refractivity (Wildman–Crippen MR) is 128 cm³/mol. The minimum Gasteiger partial charge on any atom is -0.298 e. The minimum atomic E-state index is 0.484. The maximum atomic E-state index is 2.32. The number of rotatable bonds is 6. The lowest BCUT2D eigenvalue weighted by Gasteiger charge is -2.16. The van der Waals surface area contributed by atoms with Gasteiger partial charge in [0.2, 0.25) is 0 Å². The van der Waals surface area contributed by atoms with Gasteiger partial charge >= 0.3 is 0 Å². The van der Waals surface area contributed by atoms with Crippen LogP contribution in [0.5, 0.6) is 0 Å². The van der Waals surface area contributed by atoms with Crippen molar-refractivity contribution in [2.45, 2.75) is 25.9 Å². The Hall–Kier alpha value is -3.16. The first-order valence-corrected chi connectivity index (χ1v) is 10.6. The normalized spacial score (nSPS) is 10.5. The summed E-state index contributed by atoms with van der Waals surface area (Å²) in [6.45, 7) is 4.23. The molecule has 0 saturated heterocycles. The average molecular weight is 394 g/mol. The van der Waals surface area contributed by atoms with Gasteiger partial charge in [0.15, 0.2) is 0 Å². The zero-order valence-corrected chi connectivity index (χ0v) is 18.0. The minimum absolute atomic E-state index is 0.484. The summed E-state index contributed by atoms with van der Waals surface area (Å²) in [5, 5.41) is 0. The molecule has 4 aromatic rings. The smallest absolute Gasteiger partial charge is 0.0234 e. The fourth-order valence-corrected chi connectivity index (χ4v) is 3.52. The van der Waals surface area contributed by atoms with Crippen LogP contribution in [0.3, 0.4) is 0 Å². The number of benzene rings is 4. The first kappa shape index (κ1) is 21.5. The number of hydrogen-bond donors (Lipinski definition) is 0. The van der Waals surface area contributed by atoms with Crippen molar-refractivity contribution in [3.63, 3.8) is 0 Å². The van der Waals surface area contributed by atoms with Gasteiger partial charge in [0, 0.05) is 19.0 Å². The van der Waals surface area contributed by atoms with Gasteiger partial charge in [-0.05, 0) is 29.3 Å². The van der Waals surface area contributed by atoms with E-state index < -0.39 is 0 Å². The largest absolute Gasteiger partial charge is 0.298 e. The Balaban J connectivity index is 0.000000172. The van der Waals surface area contributed by atoms with E-state index >= 15 is 0 Å². The van der Waals surface area contributed by atoms with Crippen LogP contribution in [0, 0.1) is 0 Å². The Morgan fingerprint density at radius 1 is 0.500 bits per heavy atom. The van der Waals surface area contributed by atoms with Gasteiger partial charge in [-0.15, -0.1) is 0 Å². The van der Waals surface area contributed by atoms with Crippen molar-refractivity contribution in [2.75, 3.05) is 7.05 Å². The van der Waals surface area contributed by atoms with Crippen molar-refractivity contribution in [3.05, 3.63) is 144 Å². The second-order valence-corrected chi connectivity index (χ2v) is 7.69. The van der Waals surface area contributed by atoms with Gasteiger partial charge < -0.3 is 0 Å². The molecule has 0 aliphatic heterocycles. The van der Waals surface area contributed by atoms with Crippen LogP contribution in [0.4, 0.5) is 0 Å². The summed E-state index contributed by atoms with van der Waals surface area (Å²) in [5.74, 6) is 0.484. The maximum absolute atomic E-state index is 2.32. The molecule has 1 heteroatoms. The van der Waals surface area contributed by atoms with Crippen LogP contribution in [0.2, 0.25) is 0 Å². The highest BCUT2D eigenvalue weighted by Crippen LogP contribution is 2.22. The van der Waals surface area contributed by atoms with Gasteiger partial charge in [-0.25, -0.2) is 0 Å². The summed E-state index contributed by atoms with van der Waals surface area (Å²) < 4.78 is 0. The van der Waals surface area contributed by atoms with Crippen LogP contribution in [0.1, 0.15) is 35.1 Å². The fourth-order valence-electron chi connectivity index (χ4n) is 3.52. The van der Waals surface area contributed by atoms with E-state index in [9.17, 15) is 0 Å². The molecular formula is C29H31N. The first-order chi connectivity index (χ1) is 14.7. The lowest BCUT2D eigenvalue weighted by molar-refractivity contribution is 0.319. The molecule has 0 heterocycles. The number of hydrogen-bond acceptors (Lipinski definition) is 1. The molecule has 0 radical (unpaired) electrons. The monoisotopic (exact) mass is 393 g/mol. The van der Waals surface area contributed by atoms with Crippen LogP contribution in [-0.4, -0.2) is 11.9 Å². The molecule has 0 aliphatic rings. The molecule has 0 aliphatic carbocycles. The topological polar surface area (TPSA) is 3.24 Å². The molecule has 0 unspecified atom stereocenters. The molecule has 0 bridgehead atoms. The van der Waals surface area contributed by atoms with Gasteiger partial charge in [0.1, 0.15) is 0 Å². The van der Waals surface area contributed by atoms with Crippen molar-refractivity contribution in [3.8, 4) is 0 Å². The second-order valence-electron chi connectivity index (χ2n) is 7.69. The van der Waals surface area contributed by atoms with E-state index in [4.69, 9.17) is 0 Å². The van der Waals surface area contributed by atoms with E-state index in [-0.39, 0.29) is 0 Å². The van der Waals surface area contributed by atoms with E-state index in [1.54, 1.807) is 0 Å².